The zero-order valence-electron chi connectivity index (χ0n) is 8.28. The van der Waals surface area contributed by atoms with Crippen molar-refractivity contribution in [3.8, 4) is 0 Å². The standard InChI is InChI=1S/C10H21N/c1-5-9(11-4)8-6-10(2,3)7-8/h8-9,11H,5-7H2,1-4H3. The predicted molar refractivity (Wildman–Crippen MR) is 49.6 cm³/mol. The molecule has 66 valence electrons. The normalized spacial score (nSPS) is 26.2. The number of nitrogens with one attached hydrogen (secondary N) is 1. The van der Waals surface area contributed by atoms with E-state index in [2.05, 4.69) is 33.1 Å². The fourth-order valence-corrected chi connectivity index (χ4v) is 2.42. The van der Waals surface area contributed by atoms with Crippen molar-refractivity contribution in [1.29, 1.82) is 0 Å². The van der Waals surface area contributed by atoms with Crippen molar-refractivity contribution in [3.63, 3.8) is 0 Å². The molecule has 1 aliphatic carbocycles. The first-order chi connectivity index (χ1) is 5.09. The molecule has 0 aromatic carbocycles. The first kappa shape index (κ1) is 9.05. The molecular formula is C10H21N. The third-order valence-corrected chi connectivity index (χ3v) is 3.01. The molecule has 0 radical (unpaired) electrons. The highest BCUT2D eigenvalue weighted by Gasteiger charge is 2.39. The summed E-state index contributed by atoms with van der Waals surface area (Å²) in [6.07, 6.45) is 4.09. The maximum absolute atomic E-state index is 3.39. The van der Waals surface area contributed by atoms with Crippen LogP contribution >= 0.6 is 0 Å². The zero-order valence-corrected chi connectivity index (χ0v) is 8.28. The van der Waals surface area contributed by atoms with Gasteiger partial charge >= 0.3 is 0 Å². The van der Waals surface area contributed by atoms with E-state index in [-0.39, 0.29) is 0 Å². The molecule has 1 rings (SSSR count). The lowest BCUT2D eigenvalue weighted by atomic mass is 9.61. The minimum Gasteiger partial charge on any atom is -0.317 e. The van der Waals surface area contributed by atoms with E-state index in [1.54, 1.807) is 0 Å². The Morgan fingerprint density at radius 1 is 1.45 bits per heavy atom. The first-order valence-corrected chi connectivity index (χ1v) is 4.76. The molecule has 11 heavy (non-hydrogen) atoms. The lowest BCUT2D eigenvalue weighted by Gasteiger charge is -2.46. The number of rotatable bonds is 3. The van der Waals surface area contributed by atoms with Gasteiger partial charge in [-0.2, -0.15) is 0 Å². The van der Waals surface area contributed by atoms with Gasteiger partial charge in [0.05, 0.1) is 0 Å². The molecule has 0 aliphatic heterocycles. The van der Waals surface area contributed by atoms with Crippen LogP contribution in [0.25, 0.3) is 0 Å². The van der Waals surface area contributed by atoms with Crippen molar-refractivity contribution in [1.82, 2.24) is 5.32 Å². The fourth-order valence-electron chi connectivity index (χ4n) is 2.42. The van der Waals surface area contributed by atoms with E-state index in [4.69, 9.17) is 0 Å². The minimum atomic E-state index is 0.634. The SMILES string of the molecule is CCC(NC)C1CC(C)(C)C1. The van der Waals surface area contributed by atoms with Crippen LogP contribution in [0.5, 0.6) is 0 Å². The van der Waals surface area contributed by atoms with E-state index in [1.807, 2.05) is 0 Å². The quantitative estimate of drug-likeness (QED) is 0.660. The molecule has 1 N–H and O–H groups in total. The Balaban J connectivity index is 2.30. The van der Waals surface area contributed by atoms with Gasteiger partial charge in [0.25, 0.3) is 0 Å². The topological polar surface area (TPSA) is 12.0 Å². The van der Waals surface area contributed by atoms with Gasteiger partial charge in [0.1, 0.15) is 0 Å². The van der Waals surface area contributed by atoms with Gasteiger partial charge in [-0.25, -0.2) is 0 Å². The highest BCUT2D eigenvalue weighted by molar-refractivity contribution is 4.92. The average Bonchev–Trinajstić information content (AvgIpc) is 1.86. The molecule has 1 heteroatoms. The van der Waals surface area contributed by atoms with Crippen molar-refractivity contribution < 1.29 is 0 Å². The molecule has 1 nitrogen and oxygen atoms in total. The maximum atomic E-state index is 3.39. The van der Waals surface area contributed by atoms with E-state index in [9.17, 15) is 0 Å². The van der Waals surface area contributed by atoms with Gasteiger partial charge in [-0.1, -0.05) is 20.8 Å². The van der Waals surface area contributed by atoms with E-state index < -0.39 is 0 Å². The van der Waals surface area contributed by atoms with Gasteiger partial charge in [-0.3, -0.25) is 0 Å². The molecule has 0 heterocycles. The van der Waals surface area contributed by atoms with Crippen LogP contribution in [0, 0.1) is 11.3 Å². The number of hydrogen-bond donors (Lipinski definition) is 1. The highest BCUT2D eigenvalue weighted by Crippen LogP contribution is 2.46. The molecule has 0 aromatic rings. The summed E-state index contributed by atoms with van der Waals surface area (Å²) in [6, 6.07) is 0.767. The van der Waals surface area contributed by atoms with Crippen LogP contribution in [-0.2, 0) is 0 Å². The molecule has 0 spiro atoms. The molecular weight excluding hydrogens is 134 g/mol. The van der Waals surface area contributed by atoms with E-state index in [0.29, 0.717) is 5.41 Å². The van der Waals surface area contributed by atoms with E-state index in [0.717, 1.165) is 12.0 Å². The maximum Gasteiger partial charge on any atom is 0.00901 e. The Kier molecular flexibility index (Phi) is 2.58. The molecule has 0 amide bonds. The van der Waals surface area contributed by atoms with Crippen molar-refractivity contribution >= 4 is 0 Å². The van der Waals surface area contributed by atoms with E-state index in [1.165, 1.54) is 19.3 Å². The van der Waals surface area contributed by atoms with Crippen LogP contribution in [-0.4, -0.2) is 13.1 Å². The third-order valence-electron chi connectivity index (χ3n) is 3.01. The summed E-state index contributed by atoms with van der Waals surface area (Å²) in [5.41, 5.74) is 0.634. The van der Waals surface area contributed by atoms with Crippen molar-refractivity contribution in [2.45, 2.75) is 46.1 Å². The lowest BCUT2D eigenvalue weighted by molar-refractivity contribution is 0.0657. The van der Waals surface area contributed by atoms with Gasteiger partial charge < -0.3 is 5.32 Å². The molecule has 0 aromatic heterocycles. The van der Waals surface area contributed by atoms with Gasteiger partial charge in [-0.15, -0.1) is 0 Å². The Labute approximate surface area is 70.6 Å². The summed E-state index contributed by atoms with van der Waals surface area (Å²) in [5.74, 6) is 0.944. The van der Waals surface area contributed by atoms with Crippen LogP contribution in [0.2, 0.25) is 0 Å². The third kappa shape index (κ3) is 1.96. The first-order valence-electron chi connectivity index (χ1n) is 4.76. The second-order valence-corrected chi connectivity index (χ2v) is 4.64. The Morgan fingerprint density at radius 2 is 2.00 bits per heavy atom. The summed E-state index contributed by atoms with van der Waals surface area (Å²) in [7, 11) is 2.08. The summed E-state index contributed by atoms with van der Waals surface area (Å²) < 4.78 is 0. The van der Waals surface area contributed by atoms with Gasteiger partial charge in [-0.05, 0) is 37.6 Å². The van der Waals surface area contributed by atoms with Gasteiger partial charge in [0.2, 0.25) is 0 Å². The smallest absolute Gasteiger partial charge is 0.00901 e. The second-order valence-electron chi connectivity index (χ2n) is 4.64. The summed E-state index contributed by atoms with van der Waals surface area (Å²) in [6.45, 7) is 7.00. The molecule has 1 saturated carbocycles. The van der Waals surface area contributed by atoms with E-state index >= 15 is 0 Å². The molecule has 1 fully saturated rings. The Hall–Kier alpha value is -0.0400. The van der Waals surface area contributed by atoms with Crippen molar-refractivity contribution in [3.05, 3.63) is 0 Å². The van der Waals surface area contributed by atoms with Gasteiger partial charge in [0.15, 0.2) is 0 Å². The van der Waals surface area contributed by atoms with Gasteiger partial charge in [0, 0.05) is 6.04 Å². The molecule has 1 unspecified atom stereocenters. The highest BCUT2D eigenvalue weighted by atomic mass is 14.9. The van der Waals surface area contributed by atoms with Crippen LogP contribution in [0.15, 0.2) is 0 Å². The predicted octanol–water partition coefficient (Wildman–Crippen LogP) is 2.42. The Bertz CT molecular complexity index is 117. The van der Waals surface area contributed by atoms with Crippen LogP contribution < -0.4 is 5.32 Å². The molecule has 0 saturated heterocycles. The monoisotopic (exact) mass is 155 g/mol. The zero-order chi connectivity index (χ0) is 8.48. The fraction of sp³-hybridized carbons (Fsp3) is 1.00. The molecule has 1 atom stereocenters. The van der Waals surface area contributed by atoms with Crippen LogP contribution in [0.3, 0.4) is 0 Å². The summed E-state index contributed by atoms with van der Waals surface area (Å²) in [4.78, 5) is 0. The minimum absolute atomic E-state index is 0.634. The Morgan fingerprint density at radius 3 is 2.27 bits per heavy atom. The molecule has 0 bridgehead atoms. The van der Waals surface area contributed by atoms with Crippen molar-refractivity contribution in [2.24, 2.45) is 11.3 Å². The largest absolute Gasteiger partial charge is 0.317 e. The van der Waals surface area contributed by atoms with Crippen molar-refractivity contribution in [2.75, 3.05) is 7.05 Å². The summed E-state index contributed by atoms with van der Waals surface area (Å²) >= 11 is 0. The van der Waals surface area contributed by atoms with Crippen LogP contribution in [0.4, 0.5) is 0 Å². The van der Waals surface area contributed by atoms with Crippen LogP contribution in [0.1, 0.15) is 40.0 Å². The number of hydrogen-bond acceptors (Lipinski definition) is 1. The molecule has 1 aliphatic rings. The summed E-state index contributed by atoms with van der Waals surface area (Å²) in [5, 5.41) is 3.39. The second kappa shape index (κ2) is 3.14. The average molecular weight is 155 g/mol. The lowest BCUT2D eigenvalue weighted by Crippen LogP contribution is -2.44.